The molecular formula is C7H17N3. The van der Waals surface area contributed by atoms with Crippen LogP contribution in [-0.4, -0.2) is 30.7 Å². The van der Waals surface area contributed by atoms with E-state index in [9.17, 15) is 0 Å². The lowest BCUT2D eigenvalue weighted by atomic mass is 10.2. The van der Waals surface area contributed by atoms with Gasteiger partial charge in [0, 0.05) is 13.1 Å². The summed E-state index contributed by atoms with van der Waals surface area (Å²) in [6, 6.07) is 0. The molecule has 1 saturated heterocycles. The van der Waals surface area contributed by atoms with Crippen molar-refractivity contribution < 1.29 is 0 Å². The van der Waals surface area contributed by atoms with E-state index in [0.717, 1.165) is 13.1 Å². The Kier molecular flexibility index (Phi) is 2.28. The minimum Gasteiger partial charge on any atom is -0.288 e. The van der Waals surface area contributed by atoms with Crippen LogP contribution in [0.15, 0.2) is 0 Å². The molecule has 0 aromatic rings. The van der Waals surface area contributed by atoms with Crippen molar-refractivity contribution in [3.05, 3.63) is 0 Å². The Morgan fingerprint density at radius 2 is 2.10 bits per heavy atom. The third-order valence-electron chi connectivity index (χ3n) is 2.14. The smallest absolute Gasteiger partial charge is 0.0782 e. The van der Waals surface area contributed by atoms with E-state index in [0.29, 0.717) is 0 Å². The Bertz CT molecular complexity index is 111. The standard InChI is InChI=1S/C7H17N3/c1-7(2)9-8-5-4-6-10(7)3/h8-9H,4-6H2,1-3H3. The fraction of sp³-hybridized carbons (Fsp3) is 1.00. The summed E-state index contributed by atoms with van der Waals surface area (Å²) in [5.74, 6) is 0. The van der Waals surface area contributed by atoms with Crippen LogP contribution >= 0.6 is 0 Å². The highest BCUT2D eigenvalue weighted by Gasteiger charge is 2.23. The number of hydrazine groups is 1. The largest absolute Gasteiger partial charge is 0.288 e. The molecule has 1 rings (SSSR count). The second-order valence-electron chi connectivity index (χ2n) is 3.39. The summed E-state index contributed by atoms with van der Waals surface area (Å²) < 4.78 is 0. The zero-order valence-electron chi connectivity index (χ0n) is 7.07. The molecule has 0 radical (unpaired) electrons. The number of hydrogen-bond donors (Lipinski definition) is 2. The van der Waals surface area contributed by atoms with Crippen LogP contribution in [-0.2, 0) is 0 Å². The Hall–Kier alpha value is -0.120. The van der Waals surface area contributed by atoms with Gasteiger partial charge in [0.25, 0.3) is 0 Å². The molecule has 0 atom stereocenters. The van der Waals surface area contributed by atoms with E-state index in [4.69, 9.17) is 0 Å². The predicted octanol–water partition coefficient (Wildman–Crippen LogP) is 0.152. The highest BCUT2D eigenvalue weighted by Crippen LogP contribution is 2.08. The number of hydrogen-bond acceptors (Lipinski definition) is 3. The molecule has 0 aromatic heterocycles. The van der Waals surface area contributed by atoms with Gasteiger partial charge in [0.15, 0.2) is 0 Å². The van der Waals surface area contributed by atoms with Crippen LogP contribution in [0.2, 0.25) is 0 Å². The van der Waals surface area contributed by atoms with Gasteiger partial charge in [-0.2, -0.15) is 0 Å². The Balaban J connectivity index is 2.52. The molecule has 0 amide bonds. The molecule has 0 saturated carbocycles. The van der Waals surface area contributed by atoms with Gasteiger partial charge < -0.3 is 0 Å². The van der Waals surface area contributed by atoms with Gasteiger partial charge in [-0.3, -0.25) is 10.3 Å². The summed E-state index contributed by atoms with van der Waals surface area (Å²) in [4.78, 5) is 2.31. The fourth-order valence-corrected chi connectivity index (χ4v) is 1.06. The number of nitrogens with one attached hydrogen (secondary N) is 2. The van der Waals surface area contributed by atoms with Crippen molar-refractivity contribution in [1.29, 1.82) is 0 Å². The van der Waals surface area contributed by atoms with Gasteiger partial charge in [0.1, 0.15) is 0 Å². The molecule has 2 N–H and O–H groups in total. The third kappa shape index (κ3) is 1.68. The second-order valence-corrected chi connectivity index (χ2v) is 3.39. The molecule has 3 nitrogen and oxygen atoms in total. The van der Waals surface area contributed by atoms with Gasteiger partial charge in [-0.05, 0) is 27.3 Å². The summed E-state index contributed by atoms with van der Waals surface area (Å²) in [5, 5.41) is 0. The first-order valence-corrected chi connectivity index (χ1v) is 3.84. The maximum absolute atomic E-state index is 3.25. The molecular weight excluding hydrogens is 126 g/mol. The van der Waals surface area contributed by atoms with Crippen LogP contribution in [0.4, 0.5) is 0 Å². The Morgan fingerprint density at radius 3 is 2.80 bits per heavy atom. The van der Waals surface area contributed by atoms with E-state index in [-0.39, 0.29) is 5.66 Å². The average molecular weight is 143 g/mol. The number of nitrogens with zero attached hydrogens (tertiary/aromatic N) is 1. The van der Waals surface area contributed by atoms with Crippen molar-refractivity contribution in [2.75, 3.05) is 20.1 Å². The van der Waals surface area contributed by atoms with E-state index in [1.807, 2.05) is 0 Å². The van der Waals surface area contributed by atoms with Crippen LogP contribution in [0, 0.1) is 0 Å². The van der Waals surface area contributed by atoms with E-state index in [1.165, 1.54) is 6.42 Å². The van der Waals surface area contributed by atoms with Gasteiger partial charge in [-0.1, -0.05) is 0 Å². The van der Waals surface area contributed by atoms with Crippen molar-refractivity contribution >= 4 is 0 Å². The minimum absolute atomic E-state index is 0.0938. The maximum atomic E-state index is 3.25. The van der Waals surface area contributed by atoms with Crippen molar-refractivity contribution in [3.63, 3.8) is 0 Å². The molecule has 0 bridgehead atoms. The molecule has 10 heavy (non-hydrogen) atoms. The van der Waals surface area contributed by atoms with Crippen LogP contribution in [0.5, 0.6) is 0 Å². The summed E-state index contributed by atoms with van der Waals surface area (Å²) >= 11 is 0. The van der Waals surface area contributed by atoms with Gasteiger partial charge in [0.05, 0.1) is 5.66 Å². The van der Waals surface area contributed by atoms with Crippen LogP contribution < -0.4 is 10.9 Å². The van der Waals surface area contributed by atoms with Crippen molar-refractivity contribution in [2.24, 2.45) is 0 Å². The highest BCUT2D eigenvalue weighted by atomic mass is 15.5. The van der Waals surface area contributed by atoms with Gasteiger partial charge >= 0.3 is 0 Å². The van der Waals surface area contributed by atoms with Crippen molar-refractivity contribution in [2.45, 2.75) is 25.9 Å². The zero-order valence-corrected chi connectivity index (χ0v) is 7.07. The second kappa shape index (κ2) is 2.86. The van der Waals surface area contributed by atoms with Crippen LogP contribution in [0.3, 0.4) is 0 Å². The normalized spacial score (nSPS) is 27.9. The summed E-state index contributed by atoms with van der Waals surface area (Å²) in [5.41, 5.74) is 6.52. The first-order valence-electron chi connectivity index (χ1n) is 3.84. The molecule has 0 unspecified atom stereocenters. The van der Waals surface area contributed by atoms with Gasteiger partial charge in [-0.25, -0.2) is 5.43 Å². The quantitative estimate of drug-likeness (QED) is 0.505. The minimum atomic E-state index is 0.0938. The third-order valence-corrected chi connectivity index (χ3v) is 2.14. The highest BCUT2D eigenvalue weighted by molar-refractivity contribution is 4.76. The lowest BCUT2D eigenvalue weighted by molar-refractivity contribution is 0.121. The van der Waals surface area contributed by atoms with Crippen LogP contribution in [0.25, 0.3) is 0 Å². The fourth-order valence-electron chi connectivity index (χ4n) is 1.06. The predicted molar refractivity (Wildman–Crippen MR) is 42.5 cm³/mol. The summed E-state index contributed by atoms with van der Waals surface area (Å²) in [6.45, 7) is 6.57. The van der Waals surface area contributed by atoms with Crippen LogP contribution in [0.1, 0.15) is 20.3 Å². The first kappa shape index (κ1) is 7.98. The molecule has 1 heterocycles. The van der Waals surface area contributed by atoms with Gasteiger partial charge in [-0.15, -0.1) is 0 Å². The Morgan fingerprint density at radius 1 is 1.40 bits per heavy atom. The zero-order chi connectivity index (χ0) is 7.61. The van der Waals surface area contributed by atoms with E-state index < -0.39 is 0 Å². The first-order chi connectivity index (χ1) is 4.63. The molecule has 0 spiro atoms. The van der Waals surface area contributed by atoms with Crippen molar-refractivity contribution in [1.82, 2.24) is 15.8 Å². The molecule has 0 aliphatic carbocycles. The molecule has 1 aliphatic rings. The maximum Gasteiger partial charge on any atom is 0.0782 e. The topological polar surface area (TPSA) is 27.3 Å². The van der Waals surface area contributed by atoms with E-state index >= 15 is 0 Å². The molecule has 0 aromatic carbocycles. The average Bonchev–Trinajstić information content (AvgIpc) is 1.96. The lowest BCUT2D eigenvalue weighted by Crippen LogP contribution is -2.55. The number of rotatable bonds is 0. The summed E-state index contributed by atoms with van der Waals surface area (Å²) in [7, 11) is 2.14. The summed E-state index contributed by atoms with van der Waals surface area (Å²) in [6.07, 6.45) is 1.22. The molecule has 1 fully saturated rings. The monoisotopic (exact) mass is 143 g/mol. The Labute approximate surface area is 62.8 Å². The van der Waals surface area contributed by atoms with Gasteiger partial charge in [0.2, 0.25) is 0 Å². The molecule has 60 valence electrons. The molecule has 1 aliphatic heterocycles. The van der Waals surface area contributed by atoms with E-state index in [2.05, 4.69) is 36.6 Å². The van der Waals surface area contributed by atoms with Crippen molar-refractivity contribution in [3.8, 4) is 0 Å². The SMILES string of the molecule is CN1CCCNNC1(C)C. The van der Waals surface area contributed by atoms with E-state index in [1.54, 1.807) is 0 Å². The molecule has 3 heteroatoms. The lowest BCUT2D eigenvalue weighted by Gasteiger charge is -2.33.